The van der Waals surface area contributed by atoms with Crippen molar-refractivity contribution in [3.63, 3.8) is 0 Å². The summed E-state index contributed by atoms with van der Waals surface area (Å²) in [5.41, 5.74) is 4.19. The number of fused-ring (bicyclic) bond motifs is 1. The smallest absolute Gasteiger partial charge is 0.177 e. The van der Waals surface area contributed by atoms with Crippen LogP contribution in [0.1, 0.15) is 0 Å². The predicted octanol–water partition coefficient (Wildman–Crippen LogP) is 3.04. The third-order valence-electron chi connectivity index (χ3n) is 4.07. The van der Waals surface area contributed by atoms with E-state index >= 15 is 0 Å². The molecular formula is C18H17N5O2. The number of hydrogen-bond donors (Lipinski definition) is 1. The molecule has 25 heavy (non-hydrogen) atoms. The van der Waals surface area contributed by atoms with Gasteiger partial charge in [0, 0.05) is 25.0 Å². The molecule has 1 aromatic carbocycles. The molecule has 0 bridgehead atoms. The number of imidazole rings is 1. The van der Waals surface area contributed by atoms with Gasteiger partial charge in [0.1, 0.15) is 28.5 Å². The number of nitrogens with one attached hydrogen (secondary N) is 1. The molecule has 0 saturated heterocycles. The van der Waals surface area contributed by atoms with Gasteiger partial charge in [-0.2, -0.15) is 5.10 Å². The van der Waals surface area contributed by atoms with Crippen LogP contribution < -0.4 is 9.47 Å². The van der Waals surface area contributed by atoms with Gasteiger partial charge in [0.2, 0.25) is 0 Å². The van der Waals surface area contributed by atoms with Gasteiger partial charge in [-0.1, -0.05) is 0 Å². The molecule has 0 saturated carbocycles. The second-order valence-electron chi connectivity index (χ2n) is 5.56. The molecule has 0 unspecified atom stereocenters. The van der Waals surface area contributed by atoms with Gasteiger partial charge in [-0.15, -0.1) is 0 Å². The monoisotopic (exact) mass is 335 g/mol. The summed E-state index contributed by atoms with van der Waals surface area (Å²) in [5.74, 6) is 2.15. The fraction of sp³-hybridized carbons (Fsp3) is 0.167. The Balaban J connectivity index is 1.91. The SMILES string of the molecule is COc1ccc(OC)c(-c2nc3c([nH]2)c(-c2cccnc2)nn3C)c1. The highest BCUT2D eigenvalue weighted by Gasteiger charge is 2.18. The molecule has 0 amide bonds. The van der Waals surface area contributed by atoms with E-state index in [1.165, 1.54) is 0 Å². The van der Waals surface area contributed by atoms with Gasteiger partial charge in [-0.3, -0.25) is 4.98 Å². The summed E-state index contributed by atoms with van der Waals surface area (Å²) in [6.07, 6.45) is 3.53. The molecule has 0 aliphatic carbocycles. The summed E-state index contributed by atoms with van der Waals surface area (Å²) in [5, 5.41) is 4.56. The number of methoxy groups -OCH3 is 2. The summed E-state index contributed by atoms with van der Waals surface area (Å²) >= 11 is 0. The predicted molar refractivity (Wildman–Crippen MR) is 94.6 cm³/mol. The highest BCUT2D eigenvalue weighted by Crippen LogP contribution is 2.34. The standard InChI is InChI=1S/C18H17N5O2/c1-23-18-16(15(22-23)11-5-4-8-19-10-11)20-17(21-18)13-9-12(24-2)6-7-14(13)25-3/h4-10H,1-3H3,(H,20,21). The lowest BCUT2D eigenvalue weighted by molar-refractivity contribution is 0.404. The van der Waals surface area contributed by atoms with Crippen LogP contribution in [0.3, 0.4) is 0 Å². The van der Waals surface area contributed by atoms with Crippen LogP contribution in [0.5, 0.6) is 11.5 Å². The Hall–Kier alpha value is -3.35. The maximum absolute atomic E-state index is 5.47. The molecule has 0 spiro atoms. The highest BCUT2D eigenvalue weighted by molar-refractivity contribution is 5.90. The van der Waals surface area contributed by atoms with E-state index in [4.69, 9.17) is 14.5 Å². The van der Waals surface area contributed by atoms with Gasteiger partial charge >= 0.3 is 0 Å². The highest BCUT2D eigenvalue weighted by atomic mass is 16.5. The van der Waals surface area contributed by atoms with Crippen LogP contribution in [0.25, 0.3) is 33.8 Å². The van der Waals surface area contributed by atoms with Crippen LogP contribution in [0.15, 0.2) is 42.7 Å². The van der Waals surface area contributed by atoms with Crippen LogP contribution in [0.4, 0.5) is 0 Å². The first-order chi connectivity index (χ1) is 12.2. The van der Waals surface area contributed by atoms with Gasteiger partial charge in [0.15, 0.2) is 5.65 Å². The molecule has 0 fully saturated rings. The van der Waals surface area contributed by atoms with E-state index in [-0.39, 0.29) is 0 Å². The molecule has 0 radical (unpaired) electrons. The summed E-state index contributed by atoms with van der Waals surface area (Å²) in [4.78, 5) is 12.2. The third kappa shape index (κ3) is 2.50. The van der Waals surface area contributed by atoms with Crippen LogP contribution >= 0.6 is 0 Å². The number of aryl methyl sites for hydroxylation is 1. The van der Waals surface area contributed by atoms with Crippen molar-refractivity contribution >= 4 is 11.2 Å². The zero-order valence-electron chi connectivity index (χ0n) is 14.1. The fourth-order valence-corrected chi connectivity index (χ4v) is 2.84. The van der Waals surface area contributed by atoms with E-state index in [0.717, 1.165) is 39.5 Å². The minimum atomic E-state index is 0.698. The quantitative estimate of drug-likeness (QED) is 0.620. The molecule has 7 heteroatoms. The molecule has 1 N–H and O–H groups in total. The molecule has 0 aliphatic rings. The van der Waals surface area contributed by atoms with Gasteiger partial charge < -0.3 is 14.5 Å². The van der Waals surface area contributed by atoms with Crippen molar-refractivity contribution in [1.82, 2.24) is 24.7 Å². The maximum Gasteiger partial charge on any atom is 0.177 e. The fourth-order valence-electron chi connectivity index (χ4n) is 2.84. The molecule has 7 nitrogen and oxygen atoms in total. The van der Waals surface area contributed by atoms with Crippen LogP contribution in [-0.4, -0.2) is 39.0 Å². The third-order valence-corrected chi connectivity index (χ3v) is 4.07. The van der Waals surface area contributed by atoms with Gasteiger partial charge in [-0.05, 0) is 30.3 Å². The minimum absolute atomic E-state index is 0.698. The van der Waals surface area contributed by atoms with Crippen molar-refractivity contribution in [2.45, 2.75) is 0 Å². The van der Waals surface area contributed by atoms with E-state index in [1.54, 1.807) is 31.3 Å². The lowest BCUT2D eigenvalue weighted by atomic mass is 10.2. The Morgan fingerprint density at radius 3 is 2.72 bits per heavy atom. The van der Waals surface area contributed by atoms with Crippen molar-refractivity contribution in [2.75, 3.05) is 14.2 Å². The summed E-state index contributed by atoms with van der Waals surface area (Å²) in [7, 11) is 5.14. The Kier molecular flexibility index (Phi) is 3.61. The molecule has 0 atom stereocenters. The van der Waals surface area contributed by atoms with Crippen molar-refractivity contribution < 1.29 is 9.47 Å². The van der Waals surface area contributed by atoms with Gasteiger partial charge in [-0.25, -0.2) is 9.67 Å². The number of H-pyrrole nitrogens is 1. The zero-order valence-corrected chi connectivity index (χ0v) is 14.1. The minimum Gasteiger partial charge on any atom is -0.497 e. The van der Waals surface area contributed by atoms with Crippen molar-refractivity contribution in [3.8, 4) is 34.1 Å². The van der Waals surface area contributed by atoms with E-state index in [9.17, 15) is 0 Å². The van der Waals surface area contributed by atoms with Crippen LogP contribution in [-0.2, 0) is 7.05 Å². The molecule has 3 aromatic heterocycles. The van der Waals surface area contributed by atoms with E-state index in [1.807, 2.05) is 37.4 Å². The molecule has 4 rings (SSSR count). The summed E-state index contributed by atoms with van der Waals surface area (Å²) in [6.45, 7) is 0. The summed E-state index contributed by atoms with van der Waals surface area (Å²) in [6, 6.07) is 9.47. The first-order valence-corrected chi connectivity index (χ1v) is 7.76. The first-order valence-electron chi connectivity index (χ1n) is 7.76. The maximum atomic E-state index is 5.47. The number of rotatable bonds is 4. The topological polar surface area (TPSA) is 77.8 Å². The van der Waals surface area contributed by atoms with Gasteiger partial charge in [0.25, 0.3) is 0 Å². The Morgan fingerprint density at radius 1 is 1.12 bits per heavy atom. The van der Waals surface area contributed by atoms with Gasteiger partial charge in [0.05, 0.1) is 19.8 Å². The Bertz CT molecular complexity index is 1040. The number of pyridine rings is 1. The van der Waals surface area contributed by atoms with Crippen molar-refractivity contribution in [3.05, 3.63) is 42.7 Å². The average Bonchev–Trinajstić information content (AvgIpc) is 3.22. The lowest BCUT2D eigenvalue weighted by Gasteiger charge is -2.08. The van der Waals surface area contributed by atoms with E-state index < -0.39 is 0 Å². The number of hydrogen-bond acceptors (Lipinski definition) is 5. The van der Waals surface area contributed by atoms with Crippen LogP contribution in [0, 0.1) is 0 Å². The van der Waals surface area contributed by atoms with Crippen LogP contribution in [0.2, 0.25) is 0 Å². The molecule has 4 aromatic rings. The molecule has 126 valence electrons. The molecule has 0 aliphatic heterocycles. The Morgan fingerprint density at radius 2 is 2.00 bits per heavy atom. The van der Waals surface area contributed by atoms with E-state index in [2.05, 4.69) is 15.1 Å². The number of nitrogens with zero attached hydrogens (tertiary/aromatic N) is 4. The number of ether oxygens (including phenoxy) is 2. The number of aromatic nitrogens is 5. The lowest BCUT2D eigenvalue weighted by Crippen LogP contribution is -1.94. The Labute approximate surface area is 144 Å². The van der Waals surface area contributed by atoms with Crippen molar-refractivity contribution in [1.29, 1.82) is 0 Å². The normalized spacial score (nSPS) is 11.0. The number of aromatic amines is 1. The summed E-state index contributed by atoms with van der Waals surface area (Å²) < 4.78 is 12.5. The average molecular weight is 335 g/mol. The zero-order chi connectivity index (χ0) is 17.4. The number of benzene rings is 1. The second kappa shape index (κ2) is 5.94. The molecular weight excluding hydrogens is 318 g/mol. The first kappa shape index (κ1) is 15.2. The van der Waals surface area contributed by atoms with Crippen molar-refractivity contribution in [2.24, 2.45) is 7.05 Å². The largest absolute Gasteiger partial charge is 0.497 e. The molecule has 3 heterocycles. The van der Waals surface area contributed by atoms with E-state index in [0.29, 0.717) is 5.82 Å². The second-order valence-corrected chi connectivity index (χ2v) is 5.56.